The Morgan fingerprint density at radius 3 is 2.56 bits per heavy atom. The van der Waals surface area contributed by atoms with Crippen molar-refractivity contribution in [2.24, 2.45) is 0 Å². The van der Waals surface area contributed by atoms with Gasteiger partial charge in [-0.15, -0.1) is 0 Å². The number of hydrogen-bond donors (Lipinski definition) is 0. The van der Waals surface area contributed by atoms with Gasteiger partial charge in [0.2, 0.25) is 0 Å². The van der Waals surface area contributed by atoms with Gasteiger partial charge in [0.25, 0.3) is 11.5 Å². The lowest BCUT2D eigenvalue weighted by Crippen LogP contribution is -2.46. The summed E-state index contributed by atoms with van der Waals surface area (Å²) < 4.78 is 7.96. The third kappa shape index (κ3) is 4.83. The van der Waals surface area contributed by atoms with Crippen LogP contribution in [0.15, 0.2) is 58.4 Å². The highest BCUT2D eigenvalue weighted by Crippen LogP contribution is 2.34. The van der Waals surface area contributed by atoms with Crippen molar-refractivity contribution in [3.8, 4) is 0 Å². The molecule has 3 aromatic rings. The molecule has 186 valence electrons. The Hall–Kier alpha value is -3.01. The topological polar surface area (TPSA) is 67.2 Å². The zero-order chi connectivity index (χ0) is 25.4. The van der Waals surface area contributed by atoms with E-state index in [0.717, 1.165) is 11.1 Å². The largest absolute Gasteiger partial charge is 0.372 e. The second-order valence-corrected chi connectivity index (χ2v) is 10.9. The number of fused-ring (bicyclic) bond motifs is 1. The number of nitrogens with zero attached hydrogens (tertiary/aromatic N) is 4. The van der Waals surface area contributed by atoms with Crippen molar-refractivity contribution in [1.29, 1.82) is 0 Å². The van der Waals surface area contributed by atoms with E-state index in [1.807, 2.05) is 63.2 Å². The minimum absolute atomic E-state index is 0.00470. The standard InChI is InChI=1S/C27H28N4O3S2/c1-17-8-7-12-30-23(17)28-24(29-15-18(2)34-19(3)16-29)21(25(30)32)14-22-26(33)31(27(35)36-22)13-11-20-9-5-4-6-10-20/h4-10,12,14,18-19H,11,13,15-16H2,1-3H3/b22-14+/t18-,19-/m1/s1. The van der Waals surface area contributed by atoms with Crippen LogP contribution in [0.2, 0.25) is 0 Å². The van der Waals surface area contributed by atoms with Gasteiger partial charge in [-0.25, -0.2) is 4.98 Å². The second kappa shape index (κ2) is 10.2. The third-order valence-corrected chi connectivity index (χ3v) is 7.78. The monoisotopic (exact) mass is 520 g/mol. The van der Waals surface area contributed by atoms with E-state index in [4.69, 9.17) is 21.9 Å². The van der Waals surface area contributed by atoms with Crippen molar-refractivity contribution in [2.45, 2.75) is 39.4 Å². The van der Waals surface area contributed by atoms with Gasteiger partial charge in [-0.05, 0) is 50.5 Å². The summed E-state index contributed by atoms with van der Waals surface area (Å²) in [6, 6.07) is 13.8. The van der Waals surface area contributed by atoms with Crippen LogP contribution in [-0.4, -0.2) is 56.4 Å². The number of morpholine rings is 1. The number of rotatable bonds is 5. The van der Waals surface area contributed by atoms with Crippen LogP contribution in [0.5, 0.6) is 0 Å². The molecular weight excluding hydrogens is 492 g/mol. The molecule has 1 amide bonds. The Morgan fingerprint density at radius 2 is 1.83 bits per heavy atom. The molecule has 0 N–H and O–H groups in total. The van der Waals surface area contributed by atoms with Crippen molar-refractivity contribution in [2.75, 3.05) is 24.5 Å². The van der Waals surface area contributed by atoms with Crippen molar-refractivity contribution in [3.63, 3.8) is 0 Å². The number of aryl methyl sites for hydroxylation is 1. The number of amides is 1. The molecule has 9 heteroatoms. The molecular formula is C27H28N4O3S2. The van der Waals surface area contributed by atoms with E-state index in [9.17, 15) is 9.59 Å². The molecule has 5 rings (SSSR count). The van der Waals surface area contributed by atoms with Crippen LogP contribution in [0.1, 0.15) is 30.5 Å². The number of hydrogen-bond acceptors (Lipinski definition) is 7. The number of anilines is 1. The third-order valence-electron chi connectivity index (χ3n) is 6.40. The molecule has 0 unspecified atom stereocenters. The smallest absolute Gasteiger partial charge is 0.267 e. The Morgan fingerprint density at radius 1 is 1.11 bits per heavy atom. The molecule has 1 aromatic carbocycles. The van der Waals surface area contributed by atoms with Crippen LogP contribution in [0, 0.1) is 6.92 Å². The fraction of sp³-hybridized carbons (Fsp3) is 0.333. The number of carbonyl (C=O) groups is 1. The number of pyridine rings is 1. The van der Waals surface area contributed by atoms with Gasteiger partial charge in [-0.2, -0.15) is 0 Å². The predicted octanol–water partition coefficient (Wildman–Crippen LogP) is 4.06. The van der Waals surface area contributed by atoms with Gasteiger partial charge >= 0.3 is 0 Å². The molecule has 7 nitrogen and oxygen atoms in total. The lowest BCUT2D eigenvalue weighted by molar-refractivity contribution is -0.122. The number of thiocarbonyl (C=S) groups is 1. The molecule has 0 bridgehead atoms. The summed E-state index contributed by atoms with van der Waals surface area (Å²) in [4.78, 5) is 36.2. The Labute approximate surface area is 219 Å². The van der Waals surface area contributed by atoms with E-state index < -0.39 is 0 Å². The van der Waals surface area contributed by atoms with Crippen LogP contribution < -0.4 is 10.5 Å². The fourth-order valence-corrected chi connectivity index (χ4v) is 6.02. The maximum absolute atomic E-state index is 13.7. The molecule has 2 fully saturated rings. The summed E-state index contributed by atoms with van der Waals surface area (Å²) in [6.07, 6.45) is 4.08. The predicted molar refractivity (Wildman–Crippen MR) is 148 cm³/mol. The molecule has 0 spiro atoms. The number of carbonyl (C=O) groups excluding carboxylic acids is 1. The van der Waals surface area contributed by atoms with Crippen molar-refractivity contribution in [3.05, 3.63) is 80.6 Å². The first-order valence-corrected chi connectivity index (χ1v) is 13.3. The lowest BCUT2D eigenvalue weighted by atomic mass is 10.1. The Bertz CT molecular complexity index is 1410. The number of thioether (sulfide) groups is 1. The molecule has 0 radical (unpaired) electrons. The summed E-state index contributed by atoms with van der Waals surface area (Å²) in [7, 11) is 0. The Kier molecular flexibility index (Phi) is 6.96. The molecule has 2 atom stereocenters. The van der Waals surface area contributed by atoms with E-state index in [1.54, 1.807) is 21.6 Å². The lowest BCUT2D eigenvalue weighted by Gasteiger charge is -2.36. The van der Waals surface area contributed by atoms with Gasteiger partial charge in [0.15, 0.2) is 0 Å². The summed E-state index contributed by atoms with van der Waals surface area (Å²) >= 11 is 6.78. The highest BCUT2D eigenvalue weighted by atomic mass is 32.2. The summed E-state index contributed by atoms with van der Waals surface area (Å²) in [5.74, 6) is 0.398. The maximum atomic E-state index is 13.7. The average molecular weight is 521 g/mol. The summed E-state index contributed by atoms with van der Waals surface area (Å²) in [5, 5.41) is 0. The number of benzene rings is 1. The van der Waals surface area contributed by atoms with E-state index >= 15 is 0 Å². The van der Waals surface area contributed by atoms with Gasteiger partial charge in [0.1, 0.15) is 15.8 Å². The minimum Gasteiger partial charge on any atom is -0.372 e. The maximum Gasteiger partial charge on any atom is 0.267 e. The van der Waals surface area contributed by atoms with E-state index in [0.29, 0.717) is 52.3 Å². The molecule has 36 heavy (non-hydrogen) atoms. The van der Waals surface area contributed by atoms with Crippen LogP contribution in [0.25, 0.3) is 11.7 Å². The number of ether oxygens (including phenoxy) is 1. The van der Waals surface area contributed by atoms with E-state index in [-0.39, 0.29) is 23.7 Å². The molecule has 0 aliphatic carbocycles. The Balaban J connectivity index is 1.54. The first-order chi connectivity index (χ1) is 17.3. The minimum atomic E-state index is -0.208. The second-order valence-electron chi connectivity index (χ2n) is 9.27. The van der Waals surface area contributed by atoms with Crippen molar-refractivity contribution < 1.29 is 9.53 Å². The van der Waals surface area contributed by atoms with Gasteiger partial charge in [0, 0.05) is 25.8 Å². The SMILES string of the molecule is Cc1cccn2c(=O)c(/C=C3/SC(=S)N(CCc4ccccc4)C3=O)c(N3C[C@@H](C)O[C@H](C)C3)nc12. The van der Waals surface area contributed by atoms with E-state index in [2.05, 4.69) is 4.90 Å². The summed E-state index contributed by atoms with van der Waals surface area (Å²) in [6.45, 7) is 7.67. The van der Waals surface area contributed by atoms with Crippen molar-refractivity contribution in [1.82, 2.24) is 14.3 Å². The molecule has 0 saturated carbocycles. The molecule has 2 saturated heterocycles. The molecule has 2 aromatic heterocycles. The zero-order valence-electron chi connectivity index (χ0n) is 20.5. The molecule has 2 aliphatic heterocycles. The van der Waals surface area contributed by atoms with Crippen LogP contribution >= 0.6 is 24.0 Å². The van der Waals surface area contributed by atoms with Crippen molar-refractivity contribution >= 4 is 51.7 Å². The van der Waals surface area contributed by atoms with Crippen LogP contribution in [-0.2, 0) is 16.0 Å². The normalized spacial score (nSPS) is 21.7. The molecule has 4 heterocycles. The molecule has 2 aliphatic rings. The van der Waals surface area contributed by atoms with Crippen LogP contribution in [0.4, 0.5) is 5.82 Å². The quantitative estimate of drug-likeness (QED) is 0.371. The van der Waals surface area contributed by atoms with Gasteiger partial charge in [-0.3, -0.25) is 18.9 Å². The highest BCUT2D eigenvalue weighted by molar-refractivity contribution is 8.26. The van der Waals surface area contributed by atoms with Gasteiger partial charge in [-0.1, -0.05) is 60.4 Å². The summed E-state index contributed by atoms with van der Waals surface area (Å²) in [5.41, 5.74) is 2.84. The highest BCUT2D eigenvalue weighted by Gasteiger charge is 2.33. The fourth-order valence-electron chi connectivity index (χ4n) is 4.73. The first-order valence-electron chi connectivity index (χ1n) is 12.0. The van der Waals surface area contributed by atoms with Gasteiger partial charge < -0.3 is 9.64 Å². The van der Waals surface area contributed by atoms with Crippen LogP contribution in [0.3, 0.4) is 0 Å². The number of aromatic nitrogens is 2. The van der Waals surface area contributed by atoms with E-state index in [1.165, 1.54) is 11.8 Å². The first kappa shape index (κ1) is 24.7. The van der Waals surface area contributed by atoms with Gasteiger partial charge in [0.05, 0.1) is 22.7 Å². The average Bonchev–Trinajstić information content (AvgIpc) is 3.11. The zero-order valence-corrected chi connectivity index (χ0v) is 22.1.